The SMILES string of the molecule is CCCN(CC)c1ccc(C(=O)N(C)c2ccc(F)cc2)cc1. The van der Waals surface area contributed by atoms with Gasteiger partial charge in [-0.25, -0.2) is 4.39 Å². The number of hydrogen-bond donors (Lipinski definition) is 0. The van der Waals surface area contributed by atoms with Crippen molar-refractivity contribution in [2.45, 2.75) is 20.3 Å². The van der Waals surface area contributed by atoms with E-state index in [1.54, 1.807) is 19.2 Å². The maximum absolute atomic E-state index is 13.0. The third-order valence-corrected chi connectivity index (χ3v) is 3.87. The molecule has 2 aromatic rings. The molecule has 3 nitrogen and oxygen atoms in total. The summed E-state index contributed by atoms with van der Waals surface area (Å²) in [6, 6.07) is 13.5. The maximum atomic E-state index is 13.0. The molecule has 0 aliphatic rings. The molecule has 0 heterocycles. The highest BCUT2D eigenvalue weighted by atomic mass is 19.1. The summed E-state index contributed by atoms with van der Waals surface area (Å²) in [5.41, 5.74) is 2.41. The Morgan fingerprint density at radius 1 is 0.957 bits per heavy atom. The number of carbonyl (C=O) groups is 1. The Morgan fingerprint density at radius 3 is 2.04 bits per heavy atom. The zero-order valence-corrected chi connectivity index (χ0v) is 13.9. The quantitative estimate of drug-likeness (QED) is 0.792. The van der Waals surface area contributed by atoms with Gasteiger partial charge in [0, 0.05) is 37.1 Å². The predicted octanol–water partition coefficient (Wildman–Crippen LogP) is 4.34. The second kappa shape index (κ2) is 7.77. The molecular weight excluding hydrogens is 291 g/mol. The first kappa shape index (κ1) is 17.0. The van der Waals surface area contributed by atoms with Crippen LogP contribution in [-0.2, 0) is 0 Å². The summed E-state index contributed by atoms with van der Waals surface area (Å²) < 4.78 is 13.0. The topological polar surface area (TPSA) is 23.6 Å². The lowest BCUT2D eigenvalue weighted by Crippen LogP contribution is -2.26. The molecule has 2 rings (SSSR count). The lowest BCUT2D eigenvalue weighted by molar-refractivity contribution is 0.0993. The molecule has 0 bridgehead atoms. The first-order valence-corrected chi connectivity index (χ1v) is 7.95. The molecule has 4 heteroatoms. The molecule has 0 spiro atoms. The van der Waals surface area contributed by atoms with Gasteiger partial charge in [0.05, 0.1) is 0 Å². The first-order valence-electron chi connectivity index (χ1n) is 7.95. The van der Waals surface area contributed by atoms with E-state index >= 15 is 0 Å². The molecule has 0 N–H and O–H groups in total. The molecular formula is C19H23FN2O. The second-order valence-electron chi connectivity index (χ2n) is 5.47. The van der Waals surface area contributed by atoms with Crippen LogP contribution in [0.5, 0.6) is 0 Å². The standard InChI is InChI=1S/C19H23FN2O/c1-4-14-22(5-2)18-10-6-15(7-11-18)19(23)21(3)17-12-8-16(20)9-13-17/h6-13H,4-5,14H2,1-3H3. The fourth-order valence-corrected chi connectivity index (χ4v) is 2.53. The van der Waals surface area contributed by atoms with Crippen LogP contribution in [0, 0.1) is 5.82 Å². The number of amides is 1. The van der Waals surface area contributed by atoms with Gasteiger partial charge in [-0.2, -0.15) is 0 Å². The minimum Gasteiger partial charge on any atom is -0.372 e. The summed E-state index contributed by atoms with van der Waals surface area (Å²) in [6.07, 6.45) is 1.09. The Morgan fingerprint density at radius 2 is 1.52 bits per heavy atom. The van der Waals surface area contributed by atoms with Crippen molar-refractivity contribution in [3.05, 3.63) is 59.9 Å². The molecule has 0 unspecified atom stereocenters. The number of nitrogens with zero attached hydrogens (tertiary/aromatic N) is 2. The van der Waals surface area contributed by atoms with Crippen molar-refractivity contribution in [1.29, 1.82) is 0 Å². The van der Waals surface area contributed by atoms with E-state index in [1.165, 1.54) is 17.0 Å². The summed E-state index contributed by atoms with van der Waals surface area (Å²) in [5.74, 6) is -0.420. The third kappa shape index (κ3) is 4.09. The van der Waals surface area contributed by atoms with E-state index in [0.29, 0.717) is 11.3 Å². The van der Waals surface area contributed by atoms with Crippen LogP contribution in [0.25, 0.3) is 0 Å². The van der Waals surface area contributed by atoms with Crippen LogP contribution >= 0.6 is 0 Å². The van der Waals surface area contributed by atoms with Crippen LogP contribution in [-0.4, -0.2) is 26.0 Å². The van der Waals surface area contributed by atoms with Gasteiger partial charge in [0.25, 0.3) is 5.91 Å². The van der Waals surface area contributed by atoms with Crippen molar-refractivity contribution >= 4 is 17.3 Å². The summed E-state index contributed by atoms with van der Waals surface area (Å²) in [7, 11) is 1.69. The number of benzene rings is 2. The minimum atomic E-state index is -0.311. The maximum Gasteiger partial charge on any atom is 0.258 e. The second-order valence-corrected chi connectivity index (χ2v) is 5.47. The van der Waals surface area contributed by atoms with Crippen LogP contribution in [0.2, 0.25) is 0 Å². The lowest BCUT2D eigenvalue weighted by atomic mass is 10.1. The highest BCUT2D eigenvalue weighted by Gasteiger charge is 2.14. The number of halogens is 1. The van der Waals surface area contributed by atoms with Crippen LogP contribution in [0.15, 0.2) is 48.5 Å². The zero-order valence-electron chi connectivity index (χ0n) is 13.9. The Kier molecular flexibility index (Phi) is 5.74. The molecule has 23 heavy (non-hydrogen) atoms. The number of hydrogen-bond acceptors (Lipinski definition) is 2. The third-order valence-electron chi connectivity index (χ3n) is 3.87. The van der Waals surface area contributed by atoms with Gasteiger partial charge in [0.2, 0.25) is 0 Å². The molecule has 0 atom stereocenters. The Balaban J connectivity index is 2.14. The van der Waals surface area contributed by atoms with Gasteiger partial charge in [-0.3, -0.25) is 4.79 Å². The molecule has 2 aromatic carbocycles. The van der Waals surface area contributed by atoms with Gasteiger partial charge in [-0.15, -0.1) is 0 Å². The zero-order chi connectivity index (χ0) is 16.8. The van der Waals surface area contributed by atoms with E-state index in [-0.39, 0.29) is 11.7 Å². The predicted molar refractivity (Wildman–Crippen MR) is 93.8 cm³/mol. The molecule has 0 aliphatic carbocycles. The summed E-state index contributed by atoms with van der Waals surface area (Å²) in [4.78, 5) is 16.3. The van der Waals surface area contributed by atoms with E-state index in [9.17, 15) is 9.18 Å². The monoisotopic (exact) mass is 314 g/mol. The molecule has 1 amide bonds. The fraction of sp³-hybridized carbons (Fsp3) is 0.316. The molecule has 0 aliphatic heterocycles. The van der Waals surface area contributed by atoms with E-state index in [4.69, 9.17) is 0 Å². The minimum absolute atomic E-state index is 0.110. The average Bonchev–Trinajstić information content (AvgIpc) is 2.59. The van der Waals surface area contributed by atoms with Crippen LogP contribution in [0.1, 0.15) is 30.6 Å². The number of anilines is 2. The normalized spacial score (nSPS) is 10.4. The van der Waals surface area contributed by atoms with Crippen LogP contribution < -0.4 is 9.80 Å². The van der Waals surface area contributed by atoms with Crippen molar-refractivity contribution in [1.82, 2.24) is 0 Å². The molecule has 122 valence electrons. The smallest absolute Gasteiger partial charge is 0.258 e. The van der Waals surface area contributed by atoms with Gasteiger partial charge in [0.1, 0.15) is 5.82 Å². The van der Waals surface area contributed by atoms with Gasteiger partial charge < -0.3 is 9.80 Å². The fourth-order valence-electron chi connectivity index (χ4n) is 2.53. The van der Waals surface area contributed by atoms with Gasteiger partial charge in [0.15, 0.2) is 0 Å². The largest absolute Gasteiger partial charge is 0.372 e. The van der Waals surface area contributed by atoms with Gasteiger partial charge in [-0.1, -0.05) is 6.92 Å². The van der Waals surface area contributed by atoms with E-state index in [1.807, 2.05) is 24.3 Å². The van der Waals surface area contributed by atoms with Crippen molar-refractivity contribution in [2.24, 2.45) is 0 Å². The number of rotatable bonds is 6. The van der Waals surface area contributed by atoms with E-state index in [0.717, 1.165) is 25.2 Å². The van der Waals surface area contributed by atoms with Gasteiger partial charge in [-0.05, 0) is 61.9 Å². The van der Waals surface area contributed by atoms with Crippen LogP contribution in [0.3, 0.4) is 0 Å². The number of carbonyl (C=O) groups excluding carboxylic acids is 1. The Bertz CT molecular complexity index is 637. The van der Waals surface area contributed by atoms with Crippen LogP contribution in [0.4, 0.5) is 15.8 Å². The summed E-state index contributed by atoms with van der Waals surface area (Å²) >= 11 is 0. The molecule has 0 saturated carbocycles. The highest BCUT2D eigenvalue weighted by molar-refractivity contribution is 6.05. The summed E-state index contributed by atoms with van der Waals surface area (Å²) in [6.45, 7) is 6.21. The van der Waals surface area contributed by atoms with Crippen molar-refractivity contribution in [3.63, 3.8) is 0 Å². The van der Waals surface area contributed by atoms with Crippen molar-refractivity contribution < 1.29 is 9.18 Å². The van der Waals surface area contributed by atoms with E-state index in [2.05, 4.69) is 18.7 Å². The molecule has 0 radical (unpaired) electrons. The van der Waals surface area contributed by atoms with E-state index < -0.39 is 0 Å². The Labute approximate surface area is 137 Å². The molecule has 0 saturated heterocycles. The first-order chi connectivity index (χ1) is 11.1. The van der Waals surface area contributed by atoms with Crippen molar-refractivity contribution in [2.75, 3.05) is 29.9 Å². The molecule has 0 aromatic heterocycles. The lowest BCUT2D eigenvalue weighted by Gasteiger charge is -2.23. The van der Waals surface area contributed by atoms with Crippen molar-refractivity contribution in [3.8, 4) is 0 Å². The highest BCUT2D eigenvalue weighted by Crippen LogP contribution is 2.19. The molecule has 0 fully saturated rings. The average molecular weight is 314 g/mol. The van der Waals surface area contributed by atoms with Gasteiger partial charge >= 0.3 is 0 Å². The Hall–Kier alpha value is -2.36. The summed E-state index contributed by atoms with van der Waals surface area (Å²) in [5, 5.41) is 0.